The van der Waals surface area contributed by atoms with E-state index in [0.717, 1.165) is 48.5 Å². The Morgan fingerprint density at radius 3 is 2.83 bits per heavy atom. The lowest BCUT2D eigenvalue weighted by atomic mass is 9.78. The number of rotatable bonds is 4. The minimum atomic E-state index is -0.0340. The molecule has 0 aromatic carbocycles. The second kappa shape index (κ2) is 5.12. The van der Waals surface area contributed by atoms with Gasteiger partial charge in [-0.15, -0.1) is 0 Å². The number of nitrogens with one attached hydrogen (secondary N) is 3. The molecule has 8 nitrogen and oxygen atoms in total. The molecule has 0 atom stereocenters. The molecule has 8 heteroatoms. The van der Waals surface area contributed by atoms with Crippen LogP contribution in [0.3, 0.4) is 0 Å². The average molecular weight is 323 g/mol. The molecule has 0 amide bonds. The quantitative estimate of drug-likeness (QED) is 0.673. The number of hydrogen-bond donors (Lipinski definition) is 3. The summed E-state index contributed by atoms with van der Waals surface area (Å²) in [7, 11) is 0. The molecule has 2 aliphatic rings. The highest BCUT2D eigenvalue weighted by atomic mass is 16.1. The predicted molar refractivity (Wildman–Crippen MR) is 87.9 cm³/mol. The van der Waals surface area contributed by atoms with Gasteiger partial charge < -0.3 is 15.3 Å². The molecular weight excluding hydrogens is 306 g/mol. The van der Waals surface area contributed by atoms with Crippen LogP contribution in [0, 0.1) is 0 Å². The molecule has 0 bridgehead atoms. The lowest BCUT2D eigenvalue weighted by Crippen LogP contribution is -2.35. The molecule has 2 fully saturated rings. The molecule has 24 heavy (non-hydrogen) atoms. The van der Waals surface area contributed by atoms with E-state index in [9.17, 15) is 4.79 Å². The minimum Gasteiger partial charge on any atom is -0.365 e. The highest BCUT2D eigenvalue weighted by Gasteiger charge is 2.34. The van der Waals surface area contributed by atoms with E-state index < -0.39 is 0 Å². The van der Waals surface area contributed by atoms with Gasteiger partial charge in [-0.25, -0.2) is 19.9 Å². The van der Waals surface area contributed by atoms with E-state index in [1.807, 2.05) is 0 Å². The Bertz CT molecular complexity index is 952. The normalized spacial score (nSPS) is 23.2. The summed E-state index contributed by atoms with van der Waals surface area (Å²) >= 11 is 0. The summed E-state index contributed by atoms with van der Waals surface area (Å²) in [5.74, 6) is 2.44. The van der Waals surface area contributed by atoms with E-state index in [4.69, 9.17) is 0 Å². The van der Waals surface area contributed by atoms with Crippen molar-refractivity contribution < 1.29 is 0 Å². The Kier molecular flexibility index (Phi) is 2.91. The Balaban J connectivity index is 1.30. The Labute approximate surface area is 137 Å². The van der Waals surface area contributed by atoms with Crippen LogP contribution in [0.25, 0.3) is 11.2 Å². The molecule has 0 saturated heterocycles. The fraction of sp³-hybridized carbons (Fsp3) is 0.438. The topological polar surface area (TPSA) is 112 Å². The molecule has 0 spiro atoms. The van der Waals surface area contributed by atoms with Gasteiger partial charge in [-0.3, -0.25) is 4.79 Å². The third-order valence-corrected chi connectivity index (χ3v) is 4.86. The monoisotopic (exact) mass is 323 g/mol. The molecule has 122 valence electrons. The summed E-state index contributed by atoms with van der Waals surface area (Å²) in [5.41, 5.74) is 2.38. The second-order valence-corrected chi connectivity index (χ2v) is 6.66. The van der Waals surface area contributed by atoms with Crippen LogP contribution in [0.4, 0.5) is 5.82 Å². The van der Waals surface area contributed by atoms with E-state index >= 15 is 0 Å². The minimum absolute atomic E-state index is 0.0340. The van der Waals surface area contributed by atoms with Crippen LogP contribution in [-0.2, 0) is 0 Å². The van der Waals surface area contributed by atoms with Crippen LogP contribution in [0.1, 0.15) is 49.0 Å². The van der Waals surface area contributed by atoms with Gasteiger partial charge in [-0.1, -0.05) is 0 Å². The smallest absolute Gasteiger partial charge is 0.251 e. The molecular formula is C16H17N7O. The summed E-state index contributed by atoms with van der Waals surface area (Å²) < 4.78 is 0. The first-order chi connectivity index (χ1) is 11.8. The molecule has 2 aliphatic carbocycles. The van der Waals surface area contributed by atoms with Gasteiger partial charge in [-0.2, -0.15) is 0 Å². The zero-order valence-electron chi connectivity index (χ0n) is 13.0. The van der Waals surface area contributed by atoms with E-state index in [1.165, 1.54) is 6.33 Å². The molecule has 3 aromatic heterocycles. The Morgan fingerprint density at radius 2 is 2.00 bits per heavy atom. The molecule has 0 unspecified atom stereocenters. The summed E-state index contributed by atoms with van der Waals surface area (Å²) in [4.78, 5) is 35.0. The van der Waals surface area contributed by atoms with Crippen molar-refractivity contribution in [1.82, 2.24) is 29.9 Å². The molecule has 3 N–H and O–H groups in total. The van der Waals surface area contributed by atoms with Crippen molar-refractivity contribution in [1.29, 1.82) is 0 Å². The van der Waals surface area contributed by atoms with Crippen LogP contribution in [0.5, 0.6) is 0 Å². The van der Waals surface area contributed by atoms with Gasteiger partial charge >= 0.3 is 0 Å². The van der Waals surface area contributed by atoms with Crippen molar-refractivity contribution in [3.63, 3.8) is 0 Å². The van der Waals surface area contributed by atoms with Gasteiger partial charge in [0.15, 0.2) is 11.5 Å². The number of aromatic amines is 2. The van der Waals surface area contributed by atoms with Gasteiger partial charge in [0.2, 0.25) is 0 Å². The fourth-order valence-corrected chi connectivity index (χ4v) is 3.30. The maximum absolute atomic E-state index is 11.8. The standard InChI is InChI=1S/C16H17N7O/c24-12-5-11(22-14(23-12)8-1-2-8)9-3-10(4-9)21-16-13-15(18-6-17-13)19-7-20-16/h5-10H,1-4H2,(H,22,23,24)(H2,17,18,19,20,21). The number of imidazole rings is 1. The number of aromatic nitrogens is 6. The fourth-order valence-electron chi connectivity index (χ4n) is 3.30. The lowest BCUT2D eigenvalue weighted by Gasteiger charge is -2.35. The lowest BCUT2D eigenvalue weighted by molar-refractivity contribution is 0.365. The van der Waals surface area contributed by atoms with Gasteiger partial charge in [0.25, 0.3) is 5.56 Å². The van der Waals surface area contributed by atoms with Gasteiger partial charge in [0.05, 0.1) is 12.0 Å². The SMILES string of the molecule is O=c1cc(C2CC(Nc3ncnc4nc[nH]c34)C2)nc(C2CC2)[nH]1. The highest BCUT2D eigenvalue weighted by Crippen LogP contribution is 2.40. The van der Waals surface area contributed by atoms with Crippen molar-refractivity contribution in [3.8, 4) is 0 Å². The summed E-state index contributed by atoms with van der Waals surface area (Å²) in [6.07, 6.45) is 7.29. The van der Waals surface area contributed by atoms with E-state index in [2.05, 4.69) is 35.2 Å². The molecule has 0 radical (unpaired) electrons. The van der Waals surface area contributed by atoms with Gasteiger partial charge in [-0.05, 0) is 25.7 Å². The van der Waals surface area contributed by atoms with Crippen molar-refractivity contribution >= 4 is 17.0 Å². The maximum atomic E-state index is 11.8. The van der Waals surface area contributed by atoms with Crippen LogP contribution in [-0.4, -0.2) is 35.9 Å². The second-order valence-electron chi connectivity index (χ2n) is 6.66. The summed E-state index contributed by atoms with van der Waals surface area (Å²) in [5, 5.41) is 3.44. The zero-order chi connectivity index (χ0) is 16.1. The van der Waals surface area contributed by atoms with Crippen molar-refractivity contribution in [2.75, 3.05) is 5.32 Å². The van der Waals surface area contributed by atoms with Gasteiger partial charge in [0, 0.05) is 23.9 Å². The largest absolute Gasteiger partial charge is 0.365 e. The van der Waals surface area contributed by atoms with Crippen LogP contribution >= 0.6 is 0 Å². The van der Waals surface area contributed by atoms with Crippen LogP contribution < -0.4 is 10.9 Å². The predicted octanol–water partition coefficient (Wildman–Crippen LogP) is 1.67. The average Bonchev–Trinajstić information content (AvgIpc) is 3.27. The van der Waals surface area contributed by atoms with Gasteiger partial charge in [0.1, 0.15) is 17.7 Å². The third-order valence-electron chi connectivity index (χ3n) is 4.86. The summed E-state index contributed by atoms with van der Waals surface area (Å²) in [6, 6.07) is 1.96. The summed E-state index contributed by atoms with van der Waals surface area (Å²) in [6.45, 7) is 0. The van der Waals surface area contributed by atoms with Crippen molar-refractivity contribution in [3.05, 3.63) is 40.6 Å². The highest BCUT2D eigenvalue weighted by molar-refractivity contribution is 5.82. The Hall–Kier alpha value is -2.77. The number of H-pyrrole nitrogens is 2. The first-order valence-corrected chi connectivity index (χ1v) is 8.28. The molecule has 2 saturated carbocycles. The Morgan fingerprint density at radius 1 is 1.12 bits per heavy atom. The number of nitrogens with zero attached hydrogens (tertiary/aromatic N) is 4. The van der Waals surface area contributed by atoms with Crippen molar-refractivity contribution in [2.45, 2.75) is 43.6 Å². The molecule has 5 rings (SSSR count). The first-order valence-electron chi connectivity index (χ1n) is 8.28. The van der Waals surface area contributed by atoms with E-state index in [-0.39, 0.29) is 5.56 Å². The number of hydrogen-bond acceptors (Lipinski definition) is 6. The van der Waals surface area contributed by atoms with Crippen molar-refractivity contribution in [2.24, 2.45) is 0 Å². The number of anilines is 1. The maximum Gasteiger partial charge on any atom is 0.251 e. The van der Waals surface area contributed by atoms with Crippen LogP contribution in [0.15, 0.2) is 23.5 Å². The van der Waals surface area contributed by atoms with E-state index in [0.29, 0.717) is 23.5 Å². The first kappa shape index (κ1) is 13.6. The van der Waals surface area contributed by atoms with E-state index in [1.54, 1.807) is 12.4 Å². The zero-order valence-corrected chi connectivity index (χ0v) is 13.0. The molecule has 0 aliphatic heterocycles. The number of fused-ring (bicyclic) bond motifs is 1. The molecule has 3 heterocycles. The van der Waals surface area contributed by atoms with Crippen LogP contribution in [0.2, 0.25) is 0 Å². The third kappa shape index (κ3) is 2.34. The molecule has 3 aromatic rings.